The van der Waals surface area contributed by atoms with Crippen molar-refractivity contribution in [2.24, 2.45) is 5.10 Å². The van der Waals surface area contributed by atoms with Crippen molar-refractivity contribution in [3.8, 4) is 17.2 Å². The predicted molar refractivity (Wildman–Crippen MR) is 104 cm³/mol. The zero-order chi connectivity index (χ0) is 20.7. The molecule has 2 aromatic rings. The van der Waals surface area contributed by atoms with Gasteiger partial charge in [0, 0.05) is 5.56 Å². The number of hydrogen-bond donors (Lipinski definition) is 2. The molecular formula is C20H22N2O6. The van der Waals surface area contributed by atoms with Gasteiger partial charge in [0.2, 0.25) is 0 Å². The number of carboxylic acids is 1. The van der Waals surface area contributed by atoms with Crippen LogP contribution < -0.4 is 19.6 Å². The lowest BCUT2D eigenvalue weighted by molar-refractivity contribution is -0.123. The number of hydrogen-bond acceptors (Lipinski definition) is 6. The maximum absolute atomic E-state index is 12.0. The number of carbonyl (C=O) groups is 2. The van der Waals surface area contributed by atoms with Crippen molar-refractivity contribution in [1.29, 1.82) is 0 Å². The van der Waals surface area contributed by atoms with E-state index in [2.05, 4.69) is 10.5 Å². The molecule has 2 rings (SSSR count). The van der Waals surface area contributed by atoms with Crippen molar-refractivity contribution < 1.29 is 28.9 Å². The lowest BCUT2D eigenvalue weighted by Crippen LogP contribution is -2.25. The number of aryl methyl sites for hydroxylation is 2. The van der Waals surface area contributed by atoms with Gasteiger partial charge in [0.05, 0.1) is 20.4 Å². The highest BCUT2D eigenvalue weighted by Gasteiger charge is 2.20. The van der Waals surface area contributed by atoms with Crippen LogP contribution in [0, 0.1) is 13.8 Å². The van der Waals surface area contributed by atoms with Gasteiger partial charge in [-0.2, -0.15) is 5.10 Å². The van der Waals surface area contributed by atoms with Crippen LogP contribution in [0.4, 0.5) is 0 Å². The minimum absolute atomic E-state index is 0.0728. The largest absolute Gasteiger partial charge is 0.493 e. The van der Waals surface area contributed by atoms with E-state index in [1.54, 1.807) is 6.07 Å². The third-order valence-electron chi connectivity index (χ3n) is 3.94. The standard InChI is InChI=1S/C20H22N2O6/c1-12-6-5-7-13(2)18(12)28-11-16(23)22-21-10-14-8-9-15(26-3)19(27-4)17(14)20(24)25/h5-10H,11H2,1-4H3,(H,22,23)(H,24,25)/b21-10-. The summed E-state index contributed by atoms with van der Waals surface area (Å²) in [7, 11) is 2.76. The van der Waals surface area contributed by atoms with Crippen LogP contribution in [-0.4, -0.2) is 44.0 Å². The summed E-state index contributed by atoms with van der Waals surface area (Å²) in [5.74, 6) is -0.681. The van der Waals surface area contributed by atoms with Gasteiger partial charge in [-0.15, -0.1) is 0 Å². The van der Waals surface area contributed by atoms with Crippen molar-refractivity contribution in [2.45, 2.75) is 13.8 Å². The third kappa shape index (κ3) is 4.79. The number of carbonyl (C=O) groups excluding carboxylic acids is 1. The van der Waals surface area contributed by atoms with E-state index in [1.807, 2.05) is 32.0 Å². The van der Waals surface area contributed by atoms with E-state index in [9.17, 15) is 14.7 Å². The first kappa shape index (κ1) is 20.8. The molecule has 2 aromatic carbocycles. The zero-order valence-electron chi connectivity index (χ0n) is 16.1. The molecule has 0 saturated heterocycles. The molecule has 0 heterocycles. The molecular weight excluding hydrogens is 364 g/mol. The zero-order valence-corrected chi connectivity index (χ0v) is 16.1. The second-order valence-electron chi connectivity index (χ2n) is 5.87. The number of nitrogens with zero attached hydrogens (tertiary/aromatic N) is 1. The van der Waals surface area contributed by atoms with Crippen LogP contribution in [-0.2, 0) is 4.79 Å². The summed E-state index contributed by atoms with van der Waals surface area (Å²) in [4.78, 5) is 23.5. The average Bonchev–Trinajstić information content (AvgIpc) is 2.66. The SMILES string of the molecule is COc1ccc(/C=N\NC(=O)COc2c(C)cccc2C)c(C(=O)O)c1OC. The summed E-state index contributed by atoms with van der Waals surface area (Å²) < 4.78 is 15.8. The maximum Gasteiger partial charge on any atom is 0.340 e. The molecule has 148 valence electrons. The molecule has 0 aliphatic carbocycles. The first-order valence-corrected chi connectivity index (χ1v) is 8.38. The summed E-state index contributed by atoms with van der Waals surface area (Å²) in [5.41, 5.74) is 4.29. The Bertz CT molecular complexity index is 888. The van der Waals surface area contributed by atoms with E-state index in [0.29, 0.717) is 5.75 Å². The highest BCUT2D eigenvalue weighted by Crippen LogP contribution is 2.32. The Labute approximate surface area is 162 Å². The number of hydrazone groups is 1. The van der Waals surface area contributed by atoms with Gasteiger partial charge in [0.25, 0.3) is 5.91 Å². The fourth-order valence-corrected chi connectivity index (χ4v) is 2.64. The smallest absolute Gasteiger partial charge is 0.340 e. The molecule has 2 N–H and O–H groups in total. The van der Waals surface area contributed by atoms with Crippen molar-refractivity contribution in [1.82, 2.24) is 5.43 Å². The fourth-order valence-electron chi connectivity index (χ4n) is 2.64. The Morgan fingerprint density at radius 1 is 1.07 bits per heavy atom. The van der Waals surface area contributed by atoms with Gasteiger partial charge in [-0.25, -0.2) is 10.2 Å². The van der Waals surface area contributed by atoms with Crippen LogP contribution in [0.25, 0.3) is 0 Å². The number of rotatable bonds is 8. The van der Waals surface area contributed by atoms with Crippen molar-refractivity contribution in [3.05, 3.63) is 52.6 Å². The number of aromatic carboxylic acids is 1. The lowest BCUT2D eigenvalue weighted by Gasteiger charge is -2.12. The second kappa shape index (κ2) is 9.40. The van der Waals surface area contributed by atoms with Gasteiger partial charge in [-0.1, -0.05) is 18.2 Å². The highest BCUT2D eigenvalue weighted by molar-refractivity contribution is 6.02. The summed E-state index contributed by atoms with van der Waals surface area (Å²) >= 11 is 0. The minimum Gasteiger partial charge on any atom is -0.493 e. The van der Waals surface area contributed by atoms with Gasteiger partial charge in [0.15, 0.2) is 18.1 Å². The van der Waals surface area contributed by atoms with E-state index >= 15 is 0 Å². The number of ether oxygens (including phenoxy) is 3. The molecule has 0 spiro atoms. The van der Waals surface area contributed by atoms with Gasteiger partial charge in [-0.05, 0) is 37.1 Å². The molecule has 28 heavy (non-hydrogen) atoms. The lowest BCUT2D eigenvalue weighted by atomic mass is 10.1. The first-order chi connectivity index (χ1) is 13.4. The Morgan fingerprint density at radius 2 is 1.75 bits per heavy atom. The third-order valence-corrected chi connectivity index (χ3v) is 3.94. The van der Waals surface area contributed by atoms with Crippen LogP contribution in [0.15, 0.2) is 35.4 Å². The van der Waals surface area contributed by atoms with E-state index < -0.39 is 11.9 Å². The van der Waals surface area contributed by atoms with Crippen LogP contribution >= 0.6 is 0 Å². The predicted octanol–water partition coefficient (Wildman–Crippen LogP) is 2.55. The van der Waals surface area contributed by atoms with Crippen LogP contribution in [0.3, 0.4) is 0 Å². The number of carboxylic acid groups (broad SMARTS) is 1. The molecule has 0 unspecified atom stereocenters. The van der Waals surface area contributed by atoms with Gasteiger partial charge in [0.1, 0.15) is 11.3 Å². The second-order valence-corrected chi connectivity index (χ2v) is 5.87. The Hall–Kier alpha value is -3.55. The molecule has 8 heteroatoms. The van der Waals surface area contributed by atoms with E-state index in [-0.39, 0.29) is 29.2 Å². The molecule has 0 fully saturated rings. The maximum atomic E-state index is 12.0. The summed E-state index contributed by atoms with van der Waals surface area (Å²) in [5, 5.41) is 13.3. The average molecular weight is 386 g/mol. The van der Waals surface area contributed by atoms with Crippen molar-refractivity contribution in [2.75, 3.05) is 20.8 Å². The molecule has 0 aromatic heterocycles. The summed E-state index contributed by atoms with van der Waals surface area (Å²) in [6.45, 7) is 3.56. The summed E-state index contributed by atoms with van der Waals surface area (Å²) in [6.07, 6.45) is 1.22. The normalized spacial score (nSPS) is 10.6. The minimum atomic E-state index is -1.21. The molecule has 0 radical (unpaired) electrons. The molecule has 8 nitrogen and oxygen atoms in total. The molecule has 0 bridgehead atoms. The molecule has 0 atom stereocenters. The van der Waals surface area contributed by atoms with Crippen LogP contribution in [0.1, 0.15) is 27.0 Å². The Morgan fingerprint density at radius 3 is 2.32 bits per heavy atom. The number of benzene rings is 2. The topological polar surface area (TPSA) is 106 Å². The monoisotopic (exact) mass is 386 g/mol. The first-order valence-electron chi connectivity index (χ1n) is 8.38. The quantitative estimate of drug-likeness (QED) is 0.533. The summed E-state index contributed by atoms with van der Waals surface area (Å²) in [6, 6.07) is 8.75. The Balaban J connectivity index is 2.08. The van der Waals surface area contributed by atoms with Crippen molar-refractivity contribution in [3.63, 3.8) is 0 Å². The molecule has 1 amide bonds. The van der Waals surface area contributed by atoms with Crippen molar-refractivity contribution >= 4 is 18.1 Å². The molecule has 0 aliphatic heterocycles. The van der Waals surface area contributed by atoms with Gasteiger partial charge in [-0.3, -0.25) is 4.79 Å². The Kier molecular flexibility index (Phi) is 6.97. The number of para-hydroxylation sites is 1. The molecule has 0 saturated carbocycles. The highest BCUT2D eigenvalue weighted by atomic mass is 16.5. The van der Waals surface area contributed by atoms with E-state index in [4.69, 9.17) is 14.2 Å². The van der Waals surface area contributed by atoms with E-state index in [1.165, 1.54) is 26.5 Å². The number of nitrogens with one attached hydrogen (secondary N) is 1. The van der Waals surface area contributed by atoms with Crippen LogP contribution in [0.2, 0.25) is 0 Å². The van der Waals surface area contributed by atoms with E-state index in [0.717, 1.165) is 11.1 Å². The number of methoxy groups -OCH3 is 2. The van der Waals surface area contributed by atoms with Crippen LogP contribution in [0.5, 0.6) is 17.2 Å². The fraction of sp³-hybridized carbons (Fsp3) is 0.250. The molecule has 0 aliphatic rings. The van der Waals surface area contributed by atoms with Gasteiger partial charge < -0.3 is 19.3 Å². The number of amides is 1. The van der Waals surface area contributed by atoms with Gasteiger partial charge >= 0.3 is 5.97 Å².